The molecule has 0 atom stereocenters. The molecule has 0 unspecified atom stereocenters. The number of benzene rings is 3. The van der Waals surface area contributed by atoms with Gasteiger partial charge in [-0.2, -0.15) is 0 Å². The summed E-state index contributed by atoms with van der Waals surface area (Å²) < 4.78 is 11.2. The van der Waals surface area contributed by atoms with E-state index in [0.717, 1.165) is 35.7 Å². The minimum absolute atomic E-state index is 0.354. The van der Waals surface area contributed by atoms with Gasteiger partial charge in [-0.25, -0.2) is 0 Å². The molecule has 5 heteroatoms. The third-order valence-electron chi connectivity index (χ3n) is 4.66. The first-order valence-electron chi connectivity index (χ1n) is 10.5. The van der Waals surface area contributed by atoms with E-state index in [9.17, 15) is 4.79 Å². The highest BCUT2D eigenvalue weighted by atomic mass is 35.5. The molecule has 0 heterocycles. The van der Waals surface area contributed by atoms with E-state index in [2.05, 4.69) is 49.4 Å². The number of hydrogen-bond donors (Lipinski definition) is 0. The Hall–Kier alpha value is -2.43. The molecule has 3 nitrogen and oxygen atoms in total. The van der Waals surface area contributed by atoms with Crippen LogP contribution in [-0.2, 0) is 11.2 Å². The number of hydrogen-bond acceptors (Lipinski definition) is 4. The Morgan fingerprint density at radius 3 is 2.52 bits per heavy atom. The molecule has 162 valence electrons. The first kappa shape index (κ1) is 23.2. The minimum atomic E-state index is -0.354. The molecule has 0 aliphatic carbocycles. The van der Waals surface area contributed by atoms with Crippen molar-refractivity contribution < 1.29 is 14.3 Å². The molecule has 0 aromatic heterocycles. The van der Waals surface area contributed by atoms with Crippen LogP contribution in [0.5, 0.6) is 11.5 Å². The summed E-state index contributed by atoms with van der Waals surface area (Å²) in [7, 11) is 0. The van der Waals surface area contributed by atoms with Crippen molar-refractivity contribution in [3.8, 4) is 22.6 Å². The second-order valence-electron chi connectivity index (χ2n) is 7.17. The number of esters is 1. The van der Waals surface area contributed by atoms with Crippen LogP contribution in [0.15, 0.2) is 71.6 Å². The molecule has 0 fully saturated rings. The predicted octanol–water partition coefficient (Wildman–Crippen LogP) is 7.45. The zero-order valence-corrected chi connectivity index (χ0v) is 19.5. The average Bonchev–Trinajstić information content (AvgIpc) is 2.76. The summed E-state index contributed by atoms with van der Waals surface area (Å²) in [6.45, 7) is 4.21. The molecule has 3 aromatic rings. The van der Waals surface area contributed by atoms with Crippen molar-refractivity contribution in [3.63, 3.8) is 0 Å². The van der Waals surface area contributed by atoms with Gasteiger partial charge in [0.25, 0.3) is 0 Å². The monoisotopic (exact) mass is 454 g/mol. The van der Waals surface area contributed by atoms with E-state index >= 15 is 0 Å². The number of carbonyl (C=O) groups is 1. The van der Waals surface area contributed by atoms with E-state index in [0.29, 0.717) is 17.4 Å². The highest BCUT2D eigenvalue weighted by Gasteiger charge is 2.08. The molecule has 3 aromatic carbocycles. The Morgan fingerprint density at radius 2 is 1.81 bits per heavy atom. The maximum absolute atomic E-state index is 11.0. The van der Waals surface area contributed by atoms with Crippen LogP contribution in [0.2, 0.25) is 5.02 Å². The van der Waals surface area contributed by atoms with Gasteiger partial charge in [-0.15, -0.1) is 11.8 Å². The summed E-state index contributed by atoms with van der Waals surface area (Å²) in [6.07, 6.45) is 2.97. The maximum atomic E-state index is 11.0. The van der Waals surface area contributed by atoms with Gasteiger partial charge in [0, 0.05) is 23.6 Å². The number of rotatable bonds is 10. The van der Waals surface area contributed by atoms with Crippen molar-refractivity contribution in [2.75, 3.05) is 12.4 Å². The lowest BCUT2D eigenvalue weighted by atomic mass is 10.0. The quantitative estimate of drug-likeness (QED) is 0.138. The van der Waals surface area contributed by atoms with E-state index < -0.39 is 0 Å². The average molecular weight is 455 g/mol. The SMILES string of the molecule is CCCc1cc(-c2ccccc2)ccc1OCCCSc1ccc(OC(C)=O)cc1Cl. The maximum Gasteiger partial charge on any atom is 0.308 e. The van der Waals surface area contributed by atoms with E-state index in [4.69, 9.17) is 21.1 Å². The van der Waals surface area contributed by atoms with Crippen molar-refractivity contribution in [2.24, 2.45) is 0 Å². The van der Waals surface area contributed by atoms with E-state index in [1.54, 1.807) is 23.9 Å². The number of aryl methyl sites for hydroxylation is 1. The Labute approximate surface area is 193 Å². The van der Waals surface area contributed by atoms with Crippen molar-refractivity contribution in [1.82, 2.24) is 0 Å². The Balaban J connectivity index is 1.53. The second kappa shape index (κ2) is 11.8. The van der Waals surface area contributed by atoms with Gasteiger partial charge in [-0.3, -0.25) is 4.79 Å². The van der Waals surface area contributed by atoms with Gasteiger partial charge in [0.05, 0.1) is 11.6 Å². The van der Waals surface area contributed by atoms with Crippen molar-refractivity contribution in [3.05, 3.63) is 77.3 Å². The van der Waals surface area contributed by atoms with Crippen molar-refractivity contribution >= 4 is 29.3 Å². The third kappa shape index (κ3) is 7.05. The second-order valence-corrected chi connectivity index (χ2v) is 8.72. The molecule has 0 saturated carbocycles. The van der Waals surface area contributed by atoms with Gasteiger partial charge in [-0.05, 0) is 53.8 Å². The van der Waals surface area contributed by atoms with Crippen LogP contribution < -0.4 is 9.47 Å². The zero-order chi connectivity index (χ0) is 22.1. The predicted molar refractivity (Wildman–Crippen MR) is 129 cm³/mol. The van der Waals surface area contributed by atoms with Gasteiger partial charge < -0.3 is 9.47 Å². The van der Waals surface area contributed by atoms with E-state index in [1.807, 2.05) is 12.1 Å². The summed E-state index contributed by atoms with van der Waals surface area (Å²) in [6, 6.07) is 22.2. The van der Waals surface area contributed by atoms with Crippen LogP contribution in [0.3, 0.4) is 0 Å². The molecular formula is C26H27ClO3S. The van der Waals surface area contributed by atoms with Crippen LogP contribution in [0.4, 0.5) is 0 Å². The first-order chi connectivity index (χ1) is 15.1. The van der Waals surface area contributed by atoms with Gasteiger partial charge in [0.15, 0.2) is 0 Å². The fourth-order valence-corrected chi connectivity index (χ4v) is 4.42. The molecule has 0 saturated heterocycles. The molecule has 0 aliphatic rings. The smallest absolute Gasteiger partial charge is 0.308 e. The highest BCUT2D eigenvalue weighted by Crippen LogP contribution is 2.31. The zero-order valence-electron chi connectivity index (χ0n) is 17.9. The lowest BCUT2D eigenvalue weighted by Crippen LogP contribution is -2.02. The molecular weight excluding hydrogens is 428 g/mol. The van der Waals surface area contributed by atoms with Crippen molar-refractivity contribution in [2.45, 2.75) is 38.0 Å². The number of ether oxygens (including phenoxy) is 2. The normalized spacial score (nSPS) is 10.7. The topological polar surface area (TPSA) is 35.5 Å². The van der Waals surface area contributed by atoms with Crippen LogP contribution >= 0.6 is 23.4 Å². The lowest BCUT2D eigenvalue weighted by molar-refractivity contribution is -0.131. The van der Waals surface area contributed by atoms with Gasteiger partial charge in [0.2, 0.25) is 0 Å². The summed E-state index contributed by atoms with van der Waals surface area (Å²) >= 11 is 7.97. The van der Waals surface area contributed by atoms with Crippen LogP contribution in [-0.4, -0.2) is 18.3 Å². The molecule has 0 amide bonds. The summed E-state index contributed by atoms with van der Waals surface area (Å²) in [5.74, 6) is 1.97. The van der Waals surface area contributed by atoms with Gasteiger partial charge in [0.1, 0.15) is 11.5 Å². The summed E-state index contributed by atoms with van der Waals surface area (Å²) in [5.41, 5.74) is 3.69. The number of carbonyl (C=O) groups excluding carboxylic acids is 1. The number of thioether (sulfide) groups is 1. The molecule has 0 aliphatic heterocycles. The molecule has 3 rings (SSSR count). The van der Waals surface area contributed by atoms with E-state index in [1.165, 1.54) is 23.6 Å². The molecule has 0 spiro atoms. The van der Waals surface area contributed by atoms with Crippen LogP contribution in [0, 0.1) is 0 Å². The van der Waals surface area contributed by atoms with Crippen LogP contribution in [0.1, 0.15) is 32.3 Å². The largest absolute Gasteiger partial charge is 0.493 e. The molecule has 31 heavy (non-hydrogen) atoms. The summed E-state index contributed by atoms with van der Waals surface area (Å²) in [5, 5.41) is 0.589. The third-order valence-corrected chi connectivity index (χ3v) is 6.24. The number of halogens is 1. The van der Waals surface area contributed by atoms with Gasteiger partial charge in [-0.1, -0.05) is 61.3 Å². The van der Waals surface area contributed by atoms with E-state index in [-0.39, 0.29) is 5.97 Å². The Bertz CT molecular complexity index is 1000. The lowest BCUT2D eigenvalue weighted by Gasteiger charge is -2.13. The Morgan fingerprint density at radius 1 is 1.00 bits per heavy atom. The molecule has 0 bridgehead atoms. The summed E-state index contributed by atoms with van der Waals surface area (Å²) in [4.78, 5) is 12.0. The first-order valence-corrected chi connectivity index (χ1v) is 11.8. The Kier molecular flexibility index (Phi) is 8.86. The molecule has 0 N–H and O–H groups in total. The van der Waals surface area contributed by atoms with Crippen LogP contribution in [0.25, 0.3) is 11.1 Å². The highest BCUT2D eigenvalue weighted by molar-refractivity contribution is 7.99. The fourth-order valence-electron chi connectivity index (χ4n) is 3.25. The molecule has 0 radical (unpaired) electrons. The van der Waals surface area contributed by atoms with Crippen molar-refractivity contribution in [1.29, 1.82) is 0 Å². The standard InChI is InChI=1S/C26H27ClO3S/c1-3-8-22-17-21(20-9-5-4-6-10-20)11-13-25(22)29-15-7-16-31-26-14-12-23(18-24(26)27)30-19(2)28/h4-6,9-14,17-18H,3,7-8,15-16H2,1-2H3. The van der Waals surface area contributed by atoms with Gasteiger partial charge >= 0.3 is 5.97 Å². The minimum Gasteiger partial charge on any atom is -0.493 e. The fraction of sp³-hybridized carbons (Fsp3) is 0.269.